The third-order valence-electron chi connectivity index (χ3n) is 11.9. The first-order valence-electron chi connectivity index (χ1n) is 24.1. The van der Waals surface area contributed by atoms with Gasteiger partial charge >= 0.3 is 23.9 Å². The fourth-order valence-corrected chi connectivity index (χ4v) is 7.37. The molecule has 0 radical (unpaired) electrons. The van der Waals surface area contributed by atoms with Crippen LogP contribution < -0.4 is 0 Å². The van der Waals surface area contributed by atoms with Crippen LogP contribution in [0.2, 0.25) is 0 Å². The first kappa shape index (κ1) is 53.9. The van der Waals surface area contributed by atoms with E-state index in [-0.39, 0.29) is 49.1 Å². The molecule has 0 aromatic heterocycles. The standard InChI is InChI=1S/C56H82O8/c1-42(2)24-22-20-18-16-14-12-13-15-17-19-21-23-25-49(57)61-38-56(39-62-50(58)43-26-32-46(33-27-43)53(3,4)5,40-63-51(59)44-28-34-47(35-29-44)54(6,7)8)41-64-52(60)45-30-36-48(37-31-45)55(9,10)11/h26-37,42H,12-25,38-41H2,1-11H3. The summed E-state index contributed by atoms with van der Waals surface area (Å²) in [5.74, 6) is -1.45. The Kier molecular flexibility index (Phi) is 21.8. The van der Waals surface area contributed by atoms with Gasteiger partial charge in [-0.05, 0) is 81.7 Å². The summed E-state index contributed by atoms with van der Waals surface area (Å²) in [7, 11) is 0. The molecule has 8 heteroatoms. The van der Waals surface area contributed by atoms with Crippen LogP contribution in [0, 0.1) is 11.3 Å². The van der Waals surface area contributed by atoms with Gasteiger partial charge in [0.15, 0.2) is 0 Å². The summed E-state index contributed by atoms with van der Waals surface area (Å²) in [6, 6.07) is 21.6. The molecule has 3 aromatic rings. The maximum atomic E-state index is 13.6. The van der Waals surface area contributed by atoms with Crippen molar-refractivity contribution in [1.82, 2.24) is 0 Å². The predicted molar refractivity (Wildman–Crippen MR) is 259 cm³/mol. The highest BCUT2D eigenvalue weighted by Crippen LogP contribution is 2.28. The van der Waals surface area contributed by atoms with Crippen molar-refractivity contribution in [3.05, 3.63) is 106 Å². The Morgan fingerprint density at radius 1 is 0.391 bits per heavy atom. The van der Waals surface area contributed by atoms with Crippen molar-refractivity contribution in [2.45, 2.75) is 182 Å². The van der Waals surface area contributed by atoms with E-state index < -0.39 is 29.3 Å². The quantitative estimate of drug-likeness (QED) is 0.0446. The van der Waals surface area contributed by atoms with Crippen LogP contribution in [0.15, 0.2) is 72.8 Å². The van der Waals surface area contributed by atoms with Crippen LogP contribution >= 0.6 is 0 Å². The van der Waals surface area contributed by atoms with Gasteiger partial charge in [-0.3, -0.25) is 4.79 Å². The third-order valence-corrected chi connectivity index (χ3v) is 11.9. The van der Waals surface area contributed by atoms with Crippen LogP contribution in [-0.4, -0.2) is 50.3 Å². The third kappa shape index (κ3) is 19.7. The van der Waals surface area contributed by atoms with Crippen molar-refractivity contribution < 1.29 is 38.1 Å². The number of rotatable bonds is 26. The molecule has 0 atom stereocenters. The summed E-state index contributed by atoms with van der Waals surface area (Å²) in [5.41, 5.74) is 2.42. The first-order chi connectivity index (χ1) is 30.1. The van der Waals surface area contributed by atoms with Crippen molar-refractivity contribution in [2.75, 3.05) is 26.4 Å². The molecule has 64 heavy (non-hydrogen) atoms. The minimum atomic E-state index is -1.42. The molecule has 3 aromatic carbocycles. The number of unbranched alkanes of at least 4 members (excludes halogenated alkanes) is 11. The fraction of sp³-hybridized carbons (Fsp3) is 0.607. The monoisotopic (exact) mass is 883 g/mol. The molecule has 0 unspecified atom stereocenters. The van der Waals surface area contributed by atoms with E-state index >= 15 is 0 Å². The molecule has 0 aliphatic rings. The van der Waals surface area contributed by atoms with Crippen molar-refractivity contribution in [3.63, 3.8) is 0 Å². The normalized spacial score (nSPS) is 12.2. The van der Waals surface area contributed by atoms with Crippen LogP contribution in [0.25, 0.3) is 0 Å². The number of carbonyl (C=O) groups is 4. The lowest BCUT2D eigenvalue weighted by atomic mass is 9.87. The molecular formula is C56H82O8. The number of carbonyl (C=O) groups excluding carboxylic acids is 4. The van der Waals surface area contributed by atoms with E-state index in [4.69, 9.17) is 18.9 Å². The second-order valence-electron chi connectivity index (χ2n) is 21.5. The van der Waals surface area contributed by atoms with Gasteiger partial charge < -0.3 is 18.9 Å². The van der Waals surface area contributed by atoms with Crippen molar-refractivity contribution >= 4 is 23.9 Å². The van der Waals surface area contributed by atoms with Crippen molar-refractivity contribution in [1.29, 1.82) is 0 Å². The lowest BCUT2D eigenvalue weighted by molar-refractivity contribution is -0.151. The Morgan fingerprint density at radius 2 is 0.656 bits per heavy atom. The van der Waals surface area contributed by atoms with Gasteiger partial charge in [0.1, 0.15) is 31.8 Å². The van der Waals surface area contributed by atoms with E-state index in [9.17, 15) is 19.2 Å². The summed E-state index contributed by atoms with van der Waals surface area (Å²) < 4.78 is 23.6. The average molecular weight is 883 g/mol. The van der Waals surface area contributed by atoms with Crippen LogP contribution in [0.3, 0.4) is 0 Å². The minimum Gasteiger partial charge on any atom is -0.465 e. The van der Waals surface area contributed by atoms with E-state index in [1.54, 1.807) is 36.4 Å². The van der Waals surface area contributed by atoms with E-state index in [0.717, 1.165) is 41.9 Å². The maximum Gasteiger partial charge on any atom is 0.338 e. The summed E-state index contributed by atoms with van der Waals surface area (Å²) in [6.07, 6.45) is 15.8. The molecule has 0 spiro atoms. The van der Waals surface area contributed by atoms with Crippen LogP contribution in [0.1, 0.15) is 214 Å². The summed E-state index contributed by atoms with van der Waals surface area (Å²) in [5, 5.41) is 0. The zero-order valence-electron chi connectivity index (χ0n) is 41.5. The number of benzene rings is 3. The van der Waals surface area contributed by atoms with Gasteiger partial charge in [-0.2, -0.15) is 0 Å². The highest BCUT2D eigenvalue weighted by atomic mass is 16.6. The molecule has 354 valence electrons. The maximum absolute atomic E-state index is 13.6. The van der Waals surface area contributed by atoms with Gasteiger partial charge in [-0.1, -0.05) is 190 Å². The van der Waals surface area contributed by atoms with Gasteiger partial charge in [-0.15, -0.1) is 0 Å². The molecule has 0 N–H and O–H groups in total. The zero-order valence-corrected chi connectivity index (χ0v) is 41.5. The topological polar surface area (TPSA) is 105 Å². The minimum absolute atomic E-state index is 0.110. The van der Waals surface area contributed by atoms with Gasteiger partial charge in [0.25, 0.3) is 0 Å². The fourth-order valence-electron chi connectivity index (χ4n) is 7.37. The largest absolute Gasteiger partial charge is 0.465 e. The van der Waals surface area contributed by atoms with Gasteiger partial charge in [0.05, 0.1) is 16.7 Å². The first-order valence-corrected chi connectivity index (χ1v) is 24.1. The van der Waals surface area contributed by atoms with Crippen LogP contribution in [-0.2, 0) is 40.0 Å². The number of hydrogen-bond donors (Lipinski definition) is 0. The molecule has 0 bridgehead atoms. The van der Waals surface area contributed by atoms with Crippen LogP contribution in [0.5, 0.6) is 0 Å². The second-order valence-corrected chi connectivity index (χ2v) is 21.5. The predicted octanol–water partition coefficient (Wildman–Crippen LogP) is 14.1. The Morgan fingerprint density at radius 3 is 0.938 bits per heavy atom. The molecule has 0 aliphatic carbocycles. The Hall–Kier alpha value is -4.46. The Bertz CT molecular complexity index is 1670. The van der Waals surface area contributed by atoms with E-state index in [2.05, 4.69) is 76.2 Å². The number of esters is 4. The summed E-state index contributed by atoms with van der Waals surface area (Å²) >= 11 is 0. The second kappa shape index (κ2) is 25.9. The SMILES string of the molecule is CC(C)CCCCCCCCCCCCCCC(=O)OCC(COC(=O)c1ccc(C(C)(C)C)cc1)(COC(=O)c1ccc(C(C)(C)C)cc1)COC(=O)c1ccc(C(C)(C)C)cc1. The Balaban J connectivity index is 1.72. The molecule has 8 nitrogen and oxygen atoms in total. The molecule has 0 saturated heterocycles. The molecule has 0 saturated carbocycles. The zero-order chi connectivity index (χ0) is 47.4. The highest BCUT2D eigenvalue weighted by Gasteiger charge is 2.38. The van der Waals surface area contributed by atoms with Crippen molar-refractivity contribution in [3.8, 4) is 0 Å². The van der Waals surface area contributed by atoms with E-state index in [1.165, 1.54) is 57.8 Å². The van der Waals surface area contributed by atoms with Gasteiger partial charge in [0.2, 0.25) is 0 Å². The number of ether oxygens (including phenoxy) is 4. The van der Waals surface area contributed by atoms with Gasteiger partial charge in [-0.25, -0.2) is 14.4 Å². The lowest BCUT2D eigenvalue weighted by Gasteiger charge is -2.31. The number of hydrogen-bond acceptors (Lipinski definition) is 8. The molecular weight excluding hydrogens is 801 g/mol. The Labute approximate surface area is 387 Å². The molecule has 0 heterocycles. The van der Waals surface area contributed by atoms with E-state index in [0.29, 0.717) is 23.1 Å². The van der Waals surface area contributed by atoms with Crippen LogP contribution in [0.4, 0.5) is 0 Å². The lowest BCUT2D eigenvalue weighted by Crippen LogP contribution is -2.44. The smallest absolute Gasteiger partial charge is 0.338 e. The molecule has 0 fully saturated rings. The van der Waals surface area contributed by atoms with Gasteiger partial charge in [0, 0.05) is 6.42 Å². The highest BCUT2D eigenvalue weighted by molar-refractivity contribution is 5.90. The molecule has 3 rings (SSSR count). The average Bonchev–Trinajstić information content (AvgIpc) is 3.24. The molecule has 0 aliphatic heterocycles. The molecule has 0 amide bonds. The summed E-state index contributed by atoms with van der Waals surface area (Å²) in [6.45, 7) is 22.0. The van der Waals surface area contributed by atoms with Crippen molar-refractivity contribution in [2.24, 2.45) is 11.3 Å². The van der Waals surface area contributed by atoms with E-state index in [1.807, 2.05) is 36.4 Å². The summed E-state index contributed by atoms with van der Waals surface area (Å²) in [4.78, 5) is 54.0.